The molecule has 138 valence electrons. The van der Waals surface area contributed by atoms with Gasteiger partial charge in [-0.15, -0.1) is 0 Å². The van der Waals surface area contributed by atoms with E-state index in [1.807, 2.05) is 0 Å². The van der Waals surface area contributed by atoms with Gasteiger partial charge in [0.2, 0.25) is 5.70 Å². The number of hydrogen-bond acceptors (Lipinski definition) is 7. The second-order valence-electron chi connectivity index (χ2n) is 6.17. The van der Waals surface area contributed by atoms with Gasteiger partial charge >= 0.3 is 12.1 Å². The van der Waals surface area contributed by atoms with Gasteiger partial charge in [0.15, 0.2) is 0 Å². The zero-order valence-electron chi connectivity index (χ0n) is 13.5. The molecular weight excluding hydrogens is 350 g/mol. The van der Waals surface area contributed by atoms with E-state index in [0.717, 1.165) is 5.57 Å². The molecule has 9 nitrogen and oxygen atoms in total. The highest BCUT2D eigenvalue weighted by Gasteiger charge is 2.49. The van der Waals surface area contributed by atoms with Gasteiger partial charge < -0.3 is 20.9 Å². The van der Waals surface area contributed by atoms with Crippen LogP contribution in [0.25, 0.3) is 0 Å². The molecule has 0 aromatic rings. The fourth-order valence-corrected chi connectivity index (χ4v) is 2.96. The third kappa shape index (κ3) is 5.46. The molecule has 0 spiro atoms. The van der Waals surface area contributed by atoms with E-state index < -0.39 is 18.1 Å². The molecule has 0 aliphatic heterocycles. The zero-order valence-corrected chi connectivity index (χ0v) is 14.4. The maximum absolute atomic E-state index is 11.7. The number of nitro groups is 1. The number of thiol groups is 1. The first-order valence-electron chi connectivity index (χ1n) is 7.91. The van der Waals surface area contributed by atoms with Crippen LogP contribution in [-0.4, -0.2) is 46.5 Å². The maximum atomic E-state index is 11.7. The van der Waals surface area contributed by atoms with Crippen LogP contribution in [0.3, 0.4) is 0 Å². The van der Waals surface area contributed by atoms with Crippen LogP contribution >= 0.6 is 12.6 Å². The molecule has 1 saturated carbocycles. The molecule has 0 saturated heterocycles. The Bertz CT molecular complexity index is 620. The van der Waals surface area contributed by atoms with Gasteiger partial charge in [-0.2, -0.15) is 12.6 Å². The Morgan fingerprint density at radius 3 is 2.80 bits per heavy atom. The van der Waals surface area contributed by atoms with Crippen molar-refractivity contribution >= 4 is 24.7 Å². The number of nitrogens with zero attached hydrogens (tertiary/aromatic N) is 1. The fourth-order valence-electron chi connectivity index (χ4n) is 2.72. The van der Waals surface area contributed by atoms with Crippen LogP contribution < -0.4 is 11.1 Å². The van der Waals surface area contributed by atoms with Gasteiger partial charge in [-0.25, -0.2) is 4.79 Å². The number of aliphatic carboxylic acids is 1. The summed E-state index contributed by atoms with van der Waals surface area (Å²) in [6.45, 7) is 0.320. The number of carbonyl (C=O) groups excluding carboxylic acids is 1. The summed E-state index contributed by atoms with van der Waals surface area (Å²) >= 11 is 4.27. The van der Waals surface area contributed by atoms with E-state index in [2.05, 4.69) is 17.9 Å². The molecular formula is C15H21N3O6S. The molecule has 0 bridgehead atoms. The third-order valence-corrected chi connectivity index (χ3v) is 4.75. The standard InChI is InChI=1S/C15H21N3O6S/c16-12(14(19)20)3-2-9(25)6-17-15(21)24-7-8-1-4-13(18(22)23)11-5-10(8)11/h1,4,9-12,25H,2-3,5-7,16H2,(H,17,21)(H,19,20). The number of allylic oxidation sites excluding steroid dienone is 3. The van der Waals surface area contributed by atoms with Crippen LogP contribution in [0.15, 0.2) is 23.4 Å². The highest BCUT2D eigenvalue weighted by atomic mass is 32.1. The number of ether oxygens (including phenoxy) is 1. The van der Waals surface area contributed by atoms with Gasteiger partial charge in [-0.05, 0) is 30.8 Å². The second kappa shape index (κ2) is 8.34. The SMILES string of the molecule is NC(CCC(S)CNC(=O)OCC1=CC=C([N+](=O)[O-])C2CC12)C(=O)O. The van der Waals surface area contributed by atoms with Crippen LogP contribution in [0.4, 0.5) is 4.79 Å². The molecule has 2 aliphatic carbocycles. The predicted molar refractivity (Wildman–Crippen MR) is 91.7 cm³/mol. The minimum absolute atomic E-state index is 0.0677. The molecule has 0 radical (unpaired) electrons. The number of amides is 1. The van der Waals surface area contributed by atoms with Gasteiger partial charge in [0.05, 0.1) is 10.8 Å². The lowest BCUT2D eigenvalue weighted by Crippen LogP contribution is -2.34. The number of carboxylic acid groups (broad SMARTS) is 1. The Morgan fingerprint density at radius 2 is 2.16 bits per heavy atom. The molecule has 4 unspecified atom stereocenters. The third-order valence-electron chi connectivity index (χ3n) is 4.31. The highest BCUT2D eigenvalue weighted by Crippen LogP contribution is 2.51. The first-order chi connectivity index (χ1) is 11.8. The van der Waals surface area contributed by atoms with Gasteiger partial charge in [-0.3, -0.25) is 14.9 Å². The van der Waals surface area contributed by atoms with Crippen molar-refractivity contribution in [3.8, 4) is 0 Å². The van der Waals surface area contributed by atoms with E-state index in [1.165, 1.54) is 6.08 Å². The summed E-state index contributed by atoms with van der Waals surface area (Å²) in [5, 5.41) is 21.8. The molecule has 0 aromatic carbocycles. The molecule has 4 N–H and O–H groups in total. The Balaban J connectivity index is 1.66. The molecule has 1 amide bonds. The normalized spacial score (nSPS) is 23.4. The van der Waals surface area contributed by atoms with E-state index in [1.54, 1.807) is 6.08 Å². The maximum Gasteiger partial charge on any atom is 0.407 e. The van der Waals surface area contributed by atoms with Crippen LogP contribution in [0.2, 0.25) is 0 Å². The number of rotatable bonds is 9. The summed E-state index contributed by atoms with van der Waals surface area (Å²) in [6, 6.07) is -0.941. The number of alkyl carbamates (subject to hydrolysis) is 1. The lowest BCUT2D eigenvalue weighted by atomic mass is 10.0. The number of hydrogen-bond donors (Lipinski definition) is 4. The molecule has 25 heavy (non-hydrogen) atoms. The summed E-state index contributed by atoms with van der Waals surface area (Å²) in [5.41, 5.74) is 6.49. The number of nitrogens with one attached hydrogen (secondary N) is 1. The predicted octanol–water partition coefficient (Wildman–Crippen LogP) is 0.940. The first kappa shape index (κ1) is 19.3. The monoisotopic (exact) mass is 371 g/mol. The Kier molecular flexibility index (Phi) is 6.43. The van der Waals surface area contributed by atoms with Crippen molar-refractivity contribution in [2.75, 3.05) is 13.2 Å². The van der Waals surface area contributed by atoms with Crippen molar-refractivity contribution in [3.05, 3.63) is 33.5 Å². The topological polar surface area (TPSA) is 145 Å². The highest BCUT2D eigenvalue weighted by molar-refractivity contribution is 7.81. The van der Waals surface area contributed by atoms with Crippen molar-refractivity contribution < 1.29 is 24.4 Å². The smallest absolute Gasteiger partial charge is 0.407 e. The molecule has 2 aliphatic rings. The van der Waals surface area contributed by atoms with Crippen molar-refractivity contribution in [1.29, 1.82) is 0 Å². The minimum atomic E-state index is -1.07. The van der Waals surface area contributed by atoms with Crippen LogP contribution in [0.5, 0.6) is 0 Å². The van der Waals surface area contributed by atoms with Crippen LogP contribution in [0.1, 0.15) is 19.3 Å². The molecule has 1 fully saturated rings. The van der Waals surface area contributed by atoms with E-state index in [0.29, 0.717) is 12.8 Å². The van der Waals surface area contributed by atoms with Crippen molar-refractivity contribution in [2.45, 2.75) is 30.6 Å². The van der Waals surface area contributed by atoms with E-state index >= 15 is 0 Å². The zero-order chi connectivity index (χ0) is 18.6. The Hall–Kier alpha value is -2.07. The van der Waals surface area contributed by atoms with E-state index in [4.69, 9.17) is 15.6 Å². The number of carboxylic acids is 1. The summed E-state index contributed by atoms with van der Waals surface area (Å²) in [5.74, 6) is -1.04. The van der Waals surface area contributed by atoms with Crippen molar-refractivity contribution in [2.24, 2.45) is 17.6 Å². The van der Waals surface area contributed by atoms with E-state index in [-0.39, 0.29) is 47.3 Å². The average Bonchev–Trinajstić information content (AvgIpc) is 3.35. The number of fused-ring (bicyclic) bond motifs is 1. The lowest BCUT2D eigenvalue weighted by molar-refractivity contribution is -0.430. The van der Waals surface area contributed by atoms with Gasteiger partial charge in [0.1, 0.15) is 12.6 Å². The lowest BCUT2D eigenvalue weighted by Gasteiger charge is -2.14. The summed E-state index contributed by atoms with van der Waals surface area (Å²) in [4.78, 5) is 32.8. The molecule has 2 rings (SSSR count). The largest absolute Gasteiger partial charge is 0.480 e. The van der Waals surface area contributed by atoms with Crippen molar-refractivity contribution in [1.82, 2.24) is 5.32 Å². The fraction of sp³-hybridized carbons (Fsp3) is 0.600. The minimum Gasteiger partial charge on any atom is -0.480 e. The molecule has 10 heteroatoms. The summed E-state index contributed by atoms with van der Waals surface area (Å²) in [7, 11) is 0. The Morgan fingerprint density at radius 1 is 1.44 bits per heavy atom. The van der Waals surface area contributed by atoms with Gasteiger partial charge in [0.25, 0.3) is 0 Å². The molecule has 0 aromatic heterocycles. The molecule has 4 atom stereocenters. The second-order valence-corrected chi connectivity index (χ2v) is 6.90. The average molecular weight is 371 g/mol. The number of carbonyl (C=O) groups is 2. The van der Waals surface area contributed by atoms with Gasteiger partial charge in [0, 0.05) is 17.9 Å². The van der Waals surface area contributed by atoms with Crippen LogP contribution in [-0.2, 0) is 9.53 Å². The van der Waals surface area contributed by atoms with Gasteiger partial charge in [-0.1, -0.05) is 6.08 Å². The quantitative estimate of drug-likeness (QED) is 0.268. The summed E-state index contributed by atoms with van der Waals surface area (Å²) < 4.78 is 5.12. The number of nitrogens with two attached hydrogens (primary N) is 1. The van der Waals surface area contributed by atoms with Crippen molar-refractivity contribution in [3.63, 3.8) is 0 Å². The first-order valence-corrected chi connectivity index (χ1v) is 8.43. The summed E-state index contributed by atoms with van der Waals surface area (Å²) in [6.07, 6.45) is 3.94. The van der Waals surface area contributed by atoms with E-state index in [9.17, 15) is 19.7 Å². The van der Waals surface area contributed by atoms with Crippen LogP contribution in [0, 0.1) is 22.0 Å². The Labute approximate surface area is 149 Å². The molecule has 0 heterocycles.